The van der Waals surface area contributed by atoms with E-state index in [4.69, 9.17) is 14.2 Å². The van der Waals surface area contributed by atoms with Crippen LogP contribution in [-0.4, -0.2) is 37.2 Å². The number of benzene rings is 3. The predicted molar refractivity (Wildman–Crippen MR) is 118 cm³/mol. The maximum atomic E-state index is 13.1. The molecule has 4 rings (SSSR count). The summed E-state index contributed by atoms with van der Waals surface area (Å²) in [4.78, 5) is -0.232. The molecule has 0 atom stereocenters. The summed E-state index contributed by atoms with van der Waals surface area (Å²) in [6.45, 7) is 0.680. The van der Waals surface area contributed by atoms with Crippen LogP contribution in [0.1, 0.15) is 0 Å². The van der Waals surface area contributed by atoms with Crippen LogP contribution in [0.4, 0.5) is 15.8 Å². The van der Waals surface area contributed by atoms with Crippen molar-refractivity contribution >= 4 is 31.4 Å². The number of ether oxygens (including phenoxy) is 3. The van der Waals surface area contributed by atoms with Gasteiger partial charge in [-0.05, 0) is 54.6 Å². The highest BCUT2D eigenvalue weighted by Crippen LogP contribution is 2.34. The third kappa shape index (κ3) is 4.96. The van der Waals surface area contributed by atoms with Crippen molar-refractivity contribution < 1.29 is 35.4 Å². The van der Waals surface area contributed by atoms with Gasteiger partial charge in [0.1, 0.15) is 24.8 Å². The van der Waals surface area contributed by atoms with E-state index >= 15 is 0 Å². The molecule has 9 nitrogen and oxygen atoms in total. The maximum absolute atomic E-state index is 13.1. The molecular formula is C21H19FN2O7S2. The van der Waals surface area contributed by atoms with Gasteiger partial charge in [-0.25, -0.2) is 21.2 Å². The van der Waals surface area contributed by atoms with E-state index in [1.54, 1.807) is 0 Å². The van der Waals surface area contributed by atoms with Gasteiger partial charge in [-0.1, -0.05) is 0 Å². The Morgan fingerprint density at radius 1 is 0.788 bits per heavy atom. The molecule has 0 aliphatic carbocycles. The van der Waals surface area contributed by atoms with Crippen LogP contribution in [0.5, 0.6) is 17.2 Å². The largest absolute Gasteiger partial charge is 0.495 e. The number of fused-ring (bicyclic) bond motifs is 1. The minimum Gasteiger partial charge on any atom is -0.495 e. The van der Waals surface area contributed by atoms with Crippen molar-refractivity contribution in [1.29, 1.82) is 0 Å². The molecular weight excluding hydrogens is 475 g/mol. The van der Waals surface area contributed by atoms with Gasteiger partial charge in [0.05, 0.1) is 28.3 Å². The van der Waals surface area contributed by atoms with Crippen LogP contribution >= 0.6 is 0 Å². The third-order valence-corrected chi connectivity index (χ3v) is 7.40. The molecule has 0 amide bonds. The van der Waals surface area contributed by atoms with E-state index in [2.05, 4.69) is 9.44 Å². The lowest BCUT2D eigenvalue weighted by Crippen LogP contribution is -2.17. The molecule has 0 radical (unpaired) electrons. The van der Waals surface area contributed by atoms with Crippen LogP contribution in [0.15, 0.2) is 70.5 Å². The first-order valence-corrected chi connectivity index (χ1v) is 12.5. The van der Waals surface area contributed by atoms with Crippen molar-refractivity contribution in [2.75, 3.05) is 29.8 Å². The van der Waals surface area contributed by atoms with Crippen molar-refractivity contribution in [1.82, 2.24) is 0 Å². The fourth-order valence-electron chi connectivity index (χ4n) is 3.07. The summed E-state index contributed by atoms with van der Waals surface area (Å²) in [7, 11) is -6.78. The second-order valence-electron chi connectivity index (χ2n) is 6.89. The molecule has 1 aliphatic rings. The second-order valence-corrected chi connectivity index (χ2v) is 10.3. The van der Waals surface area contributed by atoms with Gasteiger partial charge in [0.15, 0.2) is 11.5 Å². The highest BCUT2D eigenvalue weighted by Gasteiger charge is 2.21. The van der Waals surface area contributed by atoms with Crippen molar-refractivity contribution in [2.24, 2.45) is 0 Å². The van der Waals surface area contributed by atoms with Crippen molar-refractivity contribution in [3.05, 3.63) is 66.5 Å². The number of hydrogen-bond acceptors (Lipinski definition) is 7. The number of nitrogens with one attached hydrogen (secondary N) is 2. The monoisotopic (exact) mass is 494 g/mol. The first kappa shape index (κ1) is 22.7. The average molecular weight is 495 g/mol. The minimum absolute atomic E-state index is 0.0100. The van der Waals surface area contributed by atoms with Crippen LogP contribution in [0.2, 0.25) is 0 Å². The summed E-state index contributed by atoms with van der Waals surface area (Å²) in [6, 6.07) is 12.6. The molecule has 0 fully saturated rings. The summed E-state index contributed by atoms with van der Waals surface area (Å²) >= 11 is 0. The van der Waals surface area contributed by atoms with E-state index < -0.39 is 25.9 Å². The zero-order valence-electron chi connectivity index (χ0n) is 17.2. The Morgan fingerprint density at radius 2 is 1.42 bits per heavy atom. The van der Waals surface area contributed by atoms with Crippen molar-refractivity contribution in [3.63, 3.8) is 0 Å². The lowest BCUT2D eigenvalue weighted by atomic mass is 10.2. The maximum Gasteiger partial charge on any atom is 0.262 e. The van der Waals surface area contributed by atoms with Crippen LogP contribution in [0, 0.1) is 5.82 Å². The highest BCUT2D eigenvalue weighted by molar-refractivity contribution is 7.93. The van der Waals surface area contributed by atoms with Gasteiger partial charge in [-0.2, -0.15) is 0 Å². The van der Waals surface area contributed by atoms with E-state index in [9.17, 15) is 21.2 Å². The molecule has 0 saturated carbocycles. The standard InChI is InChI=1S/C21H19FN2O7S2/c1-29-19-8-4-15(12-18(19)24-32(25,26)16-5-2-14(22)3-6-16)23-33(27,28)17-7-9-20-21(13-17)31-11-10-30-20/h2-9,12-13,23-24H,10-11H2,1H3. The normalized spacial score (nSPS) is 13.3. The summed E-state index contributed by atoms with van der Waals surface area (Å²) in [5, 5.41) is 0. The molecule has 12 heteroatoms. The quantitative estimate of drug-likeness (QED) is 0.518. The van der Waals surface area contributed by atoms with Crippen LogP contribution < -0.4 is 23.7 Å². The van der Waals surface area contributed by atoms with Gasteiger partial charge in [-0.3, -0.25) is 9.44 Å². The van der Waals surface area contributed by atoms with E-state index in [-0.39, 0.29) is 26.9 Å². The Balaban J connectivity index is 1.62. The van der Waals surface area contributed by atoms with E-state index in [1.807, 2.05) is 0 Å². The first-order valence-electron chi connectivity index (χ1n) is 9.57. The molecule has 0 bridgehead atoms. The van der Waals surface area contributed by atoms with Crippen molar-refractivity contribution in [3.8, 4) is 17.2 Å². The van der Waals surface area contributed by atoms with E-state index in [0.717, 1.165) is 24.3 Å². The topological polar surface area (TPSA) is 120 Å². The van der Waals surface area contributed by atoms with Gasteiger partial charge in [0.25, 0.3) is 20.0 Å². The van der Waals surface area contributed by atoms with E-state index in [1.165, 1.54) is 43.5 Å². The molecule has 33 heavy (non-hydrogen) atoms. The molecule has 1 heterocycles. The zero-order valence-corrected chi connectivity index (χ0v) is 18.9. The summed E-state index contributed by atoms with van der Waals surface area (Å²) in [6.07, 6.45) is 0. The van der Waals surface area contributed by atoms with Crippen LogP contribution in [0.3, 0.4) is 0 Å². The number of sulfonamides is 2. The van der Waals surface area contributed by atoms with Crippen LogP contribution in [-0.2, 0) is 20.0 Å². The molecule has 1 aliphatic heterocycles. The minimum atomic E-state index is -4.09. The van der Waals surface area contributed by atoms with Crippen LogP contribution in [0.25, 0.3) is 0 Å². The lowest BCUT2D eigenvalue weighted by Gasteiger charge is -2.19. The lowest BCUT2D eigenvalue weighted by molar-refractivity contribution is 0.171. The zero-order chi connectivity index (χ0) is 23.6. The Labute approximate surface area is 190 Å². The first-order chi connectivity index (χ1) is 15.7. The fraction of sp³-hybridized carbons (Fsp3) is 0.143. The molecule has 2 N–H and O–H groups in total. The molecule has 0 unspecified atom stereocenters. The Bertz CT molecular complexity index is 1390. The van der Waals surface area contributed by atoms with Gasteiger partial charge >= 0.3 is 0 Å². The molecule has 3 aromatic carbocycles. The Hall–Kier alpha value is -3.51. The molecule has 174 valence electrons. The summed E-state index contributed by atoms with van der Waals surface area (Å²) < 4.78 is 85.0. The molecule has 0 spiro atoms. The van der Waals surface area contributed by atoms with E-state index in [0.29, 0.717) is 24.7 Å². The second kappa shape index (κ2) is 8.79. The fourth-order valence-corrected chi connectivity index (χ4v) is 5.20. The number of rotatable bonds is 7. The van der Waals surface area contributed by atoms with Gasteiger partial charge in [0.2, 0.25) is 0 Å². The van der Waals surface area contributed by atoms with Crippen molar-refractivity contribution in [2.45, 2.75) is 9.79 Å². The highest BCUT2D eigenvalue weighted by atomic mass is 32.2. The molecule has 0 saturated heterocycles. The molecule has 0 aromatic heterocycles. The van der Waals surface area contributed by atoms with Gasteiger partial charge < -0.3 is 14.2 Å². The smallest absolute Gasteiger partial charge is 0.262 e. The Kier molecular flexibility index (Phi) is 6.04. The number of methoxy groups -OCH3 is 1. The summed E-state index contributed by atoms with van der Waals surface area (Å²) in [5.41, 5.74) is 0.0756. The number of anilines is 2. The summed E-state index contributed by atoms with van der Waals surface area (Å²) in [5.74, 6) is 0.332. The number of hydrogen-bond donors (Lipinski definition) is 2. The predicted octanol–water partition coefficient (Wildman–Crippen LogP) is 3.21. The van der Waals surface area contributed by atoms with Gasteiger partial charge in [0, 0.05) is 6.07 Å². The third-order valence-electron chi connectivity index (χ3n) is 4.64. The average Bonchev–Trinajstić information content (AvgIpc) is 2.79. The SMILES string of the molecule is COc1ccc(NS(=O)(=O)c2ccc3c(c2)OCCO3)cc1NS(=O)(=O)c1ccc(F)cc1. The van der Waals surface area contributed by atoms with Gasteiger partial charge in [-0.15, -0.1) is 0 Å². The molecule has 3 aromatic rings. The Morgan fingerprint density at radius 3 is 2.12 bits per heavy atom. The number of halogens is 1.